The SMILES string of the molecule is c1ccc2cc(-c3ccc4cc(-c5ccc6nc(-c7ccncc7)ccc6c5)ccc4n3)ccc2c1. The van der Waals surface area contributed by atoms with Crippen molar-refractivity contribution in [1.82, 2.24) is 15.0 Å². The van der Waals surface area contributed by atoms with Crippen LogP contribution in [0, 0.1) is 0 Å². The summed E-state index contributed by atoms with van der Waals surface area (Å²) in [5, 5.41) is 4.72. The van der Waals surface area contributed by atoms with Crippen LogP contribution in [0.4, 0.5) is 0 Å². The Balaban J connectivity index is 1.23. The van der Waals surface area contributed by atoms with Crippen molar-refractivity contribution in [2.45, 2.75) is 0 Å². The third-order valence-electron chi connectivity index (χ3n) is 6.73. The number of fused-ring (bicyclic) bond motifs is 3. The van der Waals surface area contributed by atoms with Gasteiger partial charge < -0.3 is 0 Å². The van der Waals surface area contributed by atoms with Crippen molar-refractivity contribution in [3.63, 3.8) is 0 Å². The third-order valence-corrected chi connectivity index (χ3v) is 6.73. The van der Waals surface area contributed by atoms with Crippen LogP contribution in [0.3, 0.4) is 0 Å². The van der Waals surface area contributed by atoms with Gasteiger partial charge in [0, 0.05) is 34.3 Å². The number of aromatic nitrogens is 3. The van der Waals surface area contributed by atoms with Crippen molar-refractivity contribution in [3.05, 3.63) is 128 Å². The van der Waals surface area contributed by atoms with E-state index >= 15 is 0 Å². The smallest absolute Gasteiger partial charge is 0.0710 e. The van der Waals surface area contributed by atoms with Crippen LogP contribution in [0.2, 0.25) is 0 Å². The molecule has 0 aliphatic heterocycles. The Labute approximate surface area is 208 Å². The van der Waals surface area contributed by atoms with Gasteiger partial charge in [-0.25, -0.2) is 9.97 Å². The largest absolute Gasteiger partial charge is 0.265 e. The zero-order chi connectivity index (χ0) is 23.9. The summed E-state index contributed by atoms with van der Waals surface area (Å²) in [7, 11) is 0. The molecule has 4 aromatic carbocycles. The molecule has 7 aromatic rings. The van der Waals surface area contributed by atoms with Crippen molar-refractivity contribution >= 4 is 32.6 Å². The lowest BCUT2D eigenvalue weighted by Crippen LogP contribution is -1.88. The summed E-state index contributed by atoms with van der Waals surface area (Å²) in [6.45, 7) is 0. The van der Waals surface area contributed by atoms with E-state index in [4.69, 9.17) is 9.97 Å². The maximum Gasteiger partial charge on any atom is 0.0710 e. The predicted molar refractivity (Wildman–Crippen MR) is 149 cm³/mol. The molecule has 0 aliphatic carbocycles. The molecule has 0 saturated carbocycles. The van der Waals surface area contributed by atoms with E-state index in [9.17, 15) is 0 Å². The molecule has 0 N–H and O–H groups in total. The first-order chi connectivity index (χ1) is 17.8. The highest BCUT2D eigenvalue weighted by molar-refractivity contribution is 5.91. The van der Waals surface area contributed by atoms with Crippen molar-refractivity contribution in [3.8, 4) is 33.6 Å². The second-order valence-corrected chi connectivity index (χ2v) is 9.01. The summed E-state index contributed by atoms with van der Waals surface area (Å²) in [5.41, 5.74) is 8.46. The van der Waals surface area contributed by atoms with E-state index in [0.717, 1.165) is 44.3 Å². The van der Waals surface area contributed by atoms with Gasteiger partial charge in [0.05, 0.1) is 22.4 Å². The second-order valence-electron chi connectivity index (χ2n) is 9.01. The minimum Gasteiger partial charge on any atom is -0.265 e. The molecule has 0 aliphatic rings. The average Bonchev–Trinajstić information content (AvgIpc) is 2.96. The molecule has 7 rings (SSSR count). The molecule has 0 saturated heterocycles. The summed E-state index contributed by atoms with van der Waals surface area (Å²) in [5.74, 6) is 0. The van der Waals surface area contributed by atoms with E-state index in [0.29, 0.717) is 0 Å². The molecule has 36 heavy (non-hydrogen) atoms. The van der Waals surface area contributed by atoms with Crippen molar-refractivity contribution in [1.29, 1.82) is 0 Å². The van der Waals surface area contributed by atoms with Crippen LogP contribution in [0.5, 0.6) is 0 Å². The minimum absolute atomic E-state index is 0.955. The van der Waals surface area contributed by atoms with Crippen LogP contribution in [-0.4, -0.2) is 15.0 Å². The van der Waals surface area contributed by atoms with Gasteiger partial charge in [-0.15, -0.1) is 0 Å². The lowest BCUT2D eigenvalue weighted by atomic mass is 10.00. The van der Waals surface area contributed by atoms with E-state index in [1.165, 1.54) is 21.9 Å². The molecular weight excluding hydrogens is 438 g/mol. The first-order valence-corrected chi connectivity index (χ1v) is 12.0. The summed E-state index contributed by atoms with van der Waals surface area (Å²) in [4.78, 5) is 13.9. The Morgan fingerprint density at radius 1 is 0.361 bits per heavy atom. The molecule has 3 nitrogen and oxygen atoms in total. The van der Waals surface area contributed by atoms with Crippen molar-refractivity contribution in [2.75, 3.05) is 0 Å². The maximum atomic E-state index is 4.96. The topological polar surface area (TPSA) is 38.7 Å². The van der Waals surface area contributed by atoms with Gasteiger partial charge in [-0.3, -0.25) is 4.98 Å². The molecule has 3 aromatic heterocycles. The van der Waals surface area contributed by atoms with Gasteiger partial charge in [0.15, 0.2) is 0 Å². The molecule has 3 heterocycles. The molecule has 0 fully saturated rings. The van der Waals surface area contributed by atoms with Crippen LogP contribution in [-0.2, 0) is 0 Å². The first kappa shape index (κ1) is 20.5. The molecule has 0 radical (unpaired) electrons. The number of rotatable bonds is 3. The monoisotopic (exact) mass is 459 g/mol. The van der Waals surface area contributed by atoms with Crippen LogP contribution >= 0.6 is 0 Å². The quantitative estimate of drug-likeness (QED) is 0.267. The standard InChI is InChI=1S/C33H21N3/c1-2-4-24-19-27(6-5-22(24)3-1)33-14-10-29-21-26(8-12-32(29)36-33)25-7-11-31-28(20-25)9-13-30(35-31)23-15-17-34-18-16-23/h1-21H. The Hall–Kier alpha value is -4.89. The van der Waals surface area contributed by atoms with Gasteiger partial charge in [-0.05, 0) is 76.5 Å². The lowest BCUT2D eigenvalue weighted by molar-refractivity contribution is 1.31. The van der Waals surface area contributed by atoms with E-state index in [1.54, 1.807) is 12.4 Å². The fourth-order valence-electron chi connectivity index (χ4n) is 4.80. The van der Waals surface area contributed by atoms with E-state index in [2.05, 4.69) is 108 Å². The Bertz CT molecular complexity index is 1890. The zero-order valence-corrected chi connectivity index (χ0v) is 19.5. The van der Waals surface area contributed by atoms with Gasteiger partial charge >= 0.3 is 0 Å². The summed E-state index contributed by atoms with van der Waals surface area (Å²) < 4.78 is 0. The molecule has 0 spiro atoms. The second kappa shape index (κ2) is 8.40. The molecular formula is C33H21N3. The van der Waals surface area contributed by atoms with Gasteiger partial charge in [0.2, 0.25) is 0 Å². The Morgan fingerprint density at radius 2 is 0.889 bits per heavy atom. The first-order valence-electron chi connectivity index (χ1n) is 12.0. The summed E-state index contributed by atoms with van der Waals surface area (Å²) >= 11 is 0. The van der Waals surface area contributed by atoms with Gasteiger partial charge in [-0.2, -0.15) is 0 Å². The fourth-order valence-corrected chi connectivity index (χ4v) is 4.80. The highest BCUT2D eigenvalue weighted by atomic mass is 14.7. The number of hydrogen-bond donors (Lipinski definition) is 0. The molecule has 0 amide bonds. The normalized spacial score (nSPS) is 11.3. The predicted octanol–water partition coefficient (Wildman–Crippen LogP) is 8.33. The van der Waals surface area contributed by atoms with Crippen molar-refractivity contribution < 1.29 is 0 Å². The molecule has 3 heteroatoms. The van der Waals surface area contributed by atoms with Gasteiger partial charge in [-0.1, -0.05) is 60.7 Å². The Kier molecular flexibility index (Phi) is 4.78. The number of pyridine rings is 3. The van der Waals surface area contributed by atoms with Gasteiger partial charge in [0.25, 0.3) is 0 Å². The highest BCUT2D eigenvalue weighted by Crippen LogP contribution is 2.30. The number of hydrogen-bond acceptors (Lipinski definition) is 3. The number of nitrogens with zero attached hydrogens (tertiary/aromatic N) is 3. The third kappa shape index (κ3) is 3.68. The maximum absolute atomic E-state index is 4.96. The summed E-state index contributed by atoms with van der Waals surface area (Å²) in [6.07, 6.45) is 3.59. The lowest BCUT2D eigenvalue weighted by Gasteiger charge is -2.09. The molecule has 0 atom stereocenters. The fraction of sp³-hybridized carbons (Fsp3) is 0. The zero-order valence-electron chi connectivity index (χ0n) is 19.5. The van der Waals surface area contributed by atoms with Crippen LogP contribution in [0.25, 0.3) is 66.2 Å². The van der Waals surface area contributed by atoms with Crippen LogP contribution in [0.15, 0.2) is 128 Å². The molecule has 168 valence electrons. The summed E-state index contributed by atoms with van der Waals surface area (Å²) in [6, 6.07) is 40.3. The number of benzene rings is 4. The minimum atomic E-state index is 0.955. The van der Waals surface area contributed by atoms with Crippen molar-refractivity contribution in [2.24, 2.45) is 0 Å². The van der Waals surface area contributed by atoms with Crippen LogP contribution in [0.1, 0.15) is 0 Å². The molecule has 0 bridgehead atoms. The van der Waals surface area contributed by atoms with E-state index < -0.39 is 0 Å². The van der Waals surface area contributed by atoms with Gasteiger partial charge in [0.1, 0.15) is 0 Å². The Morgan fingerprint density at radius 3 is 1.56 bits per heavy atom. The van der Waals surface area contributed by atoms with E-state index in [-0.39, 0.29) is 0 Å². The van der Waals surface area contributed by atoms with E-state index in [1.807, 2.05) is 12.1 Å². The average molecular weight is 460 g/mol. The molecule has 0 unspecified atom stereocenters. The highest BCUT2D eigenvalue weighted by Gasteiger charge is 2.07. The van der Waals surface area contributed by atoms with Crippen LogP contribution < -0.4 is 0 Å².